The van der Waals surface area contributed by atoms with Crippen molar-refractivity contribution < 1.29 is 0 Å². The van der Waals surface area contributed by atoms with E-state index in [1.165, 1.54) is 38.0 Å². The second-order valence-corrected chi connectivity index (χ2v) is 8.93. The van der Waals surface area contributed by atoms with Crippen LogP contribution in [-0.4, -0.2) is 50.6 Å². The van der Waals surface area contributed by atoms with Gasteiger partial charge in [0.05, 0.1) is 11.4 Å². The highest BCUT2D eigenvalue weighted by molar-refractivity contribution is 5.61. The summed E-state index contributed by atoms with van der Waals surface area (Å²) in [4.78, 5) is 2.66. The zero-order valence-corrected chi connectivity index (χ0v) is 17.8. The zero-order valence-electron chi connectivity index (χ0n) is 17.8. The molecule has 3 heterocycles. The van der Waals surface area contributed by atoms with Crippen LogP contribution in [0.3, 0.4) is 0 Å². The lowest BCUT2D eigenvalue weighted by Crippen LogP contribution is -2.27. The number of anilines is 1. The van der Waals surface area contributed by atoms with Crippen LogP contribution >= 0.6 is 0 Å². The van der Waals surface area contributed by atoms with E-state index in [2.05, 4.69) is 61.9 Å². The van der Waals surface area contributed by atoms with Gasteiger partial charge in [0.25, 0.3) is 0 Å². The second-order valence-electron chi connectivity index (χ2n) is 8.93. The number of nitrogens with one attached hydrogen (secondary N) is 1. The first-order chi connectivity index (χ1) is 14.6. The van der Waals surface area contributed by atoms with E-state index in [4.69, 9.17) is 0 Å². The van der Waals surface area contributed by atoms with Crippen LogP contribution < -0.4 is 5.32 Å². The molecule has 1 N–H and O–H groups in total. The van der Waals surface area contributed by atoms with Gasteiger partial charge >= 0.3 is 0 Å². The highest BCUT2D eigenvalue weighted by Crippen LogP contribution is 2.39. The van der Waals surface area contributed by atoms with Gasteiger partial charge in [-0.3, -0.25) is 4.68 Å². The fourth-order valence-corrected chi connectivity index (χ4v) is 5.24. The molecule has 1 unspecified atom stereocenters. The van der Waals surface area contributed by atoms with E-state index >= 15 is 0 Å². The number of benzene rings is 1. The minimum atomic E-state index is 0.511. The number of fused-ring (bicyclic) bond motifs is 1. The Hall–Kier alpha value is -2.73. The summed E-state index contributed by atoms with van der Waals surface area (Å²) in [6, 6.07) is 15.4. The maximum absolute atomic E-state index is 4.43. The van der Waals surface area contributed by atoms with Crippen molar-refractivity contribution in [3.63, 3.8) is 0 Å². The molecule has 2 fully saturated rings. The molecular weight excluding hydrogens is 372 g/mol. The molecule has 1 saturated carbocycles. The van der Waals surface area contributed by atoms with Gasteiger partial charge in [0.1, 0.15) is 5.82 Å². The molecule has 6 heteroatoms. The largest absolute Gasteiger partial charge is 0.366 e. The van der Waals surface area contributed by atoms with Gasteiger partial charge in [-0.2, -0.15) is 5.10 Å². The number of aryl methyl sites for hydroxylation is 2. The summed E-state index contributed by atoms with van der Waals surface area (Å²) in [6.07, 6.45) is 5.61. The fourth-order valence-electron chi connectivity index (χ4n) is 5.24. The van der Waals surface area contributed by atoms with Crippen molar-refractivity contribution in [3.8, 4) is 11.3 Å². The van der Waals surface area contributed by atoms with Crippen molar-refractivity contribution in [2.45, 2.75) is 32.2 Å². The van der Waals surface area contributed by atoms with Crippen molar-refractivity contribution in [1.29, 1.82) is 0 Å². The van der Waals surface area contributed by atoms with Crippen LogP contribution in [0.25, 0.3) is 11.3 Å². The summed E-state index contributed by atoms with van der Waals surface area (Å²) in [5, 5.41) is 16.9. The van der Waals surface area contributed by atoms with Crippen molar-refractivity contribution in [2.75, 3.05) is 25.0 Å². The fraction of sp³-hybridized carbons (Fsp3) is 0.458. The summed E-state index contributed by atoms with van der Waals surface area (Å²) in [7, 11) is 1.93. The first-order valence-electron chi connectivity index (χ1n) is 11.0. The van der Waals surface area contributed by atoms with Gasteiger partial charge in [0.15, 0.2) is 0 Å². The monoisotopic (exact) mass is 402 g/mol. The molecule has 1 aliphatic carbocycles. The molecule has 30 heavy (non-hydrogen) atoms. The number of hydrogen-bond acceptors (Lipinski definition) is 5. The van der Waals surface area contributed by atoms with Gasteiger partial charge in [-0.25, -0.2) is 0 Å². The van der Waals surface area contributed by atoms with E-state index in [-0.39, 0.29) is 0 Å². The first kappa shape index (κ1) is 19.2. The van der Waals surface area contributed by atoms with E-state index in [1.54, 1.807) is 0 Å². The Morgan fingerprint density at radius 3 is 2.40 bits per heavy atom. The SMILES string of the molecule is Cc1nn(C)cc1-c1ccc(NC2C[C@@H]3CN(CCc4ccccc4)C[C@@H]3C2)nn1. The van der Waals surface area contributed by atoms with Crippen LogP contribution in [0.4, 0.5) is 5.82 Å². The molecule has 0 radical (unpaired) electrons. The highest BCUT2D eigenvalue weighted by Gasteiger charge is 2.40. The molecule has 1 saturated heterocycles. The van der Waals surface area contributed by atoms with Crippen molar-refractivity contribution in [3.05, 3.63) is 59.9 Å². The predicted molar refractivity (Wildman–Crippen MR) is 119 cm³/mol. The Kier molecular flexibility index (Phi) is 5.25. The van der Waals surface area contributed by atoms with Gasteiger partial charge in [-0.05, 0) is 55.7 Å². The smallest absolute Gasteiger partial charge is 0.148 e. The van der Waals surface area contributed by atoms with Crippen molar-refractivity contribution >= 4 is 5.82 Å². The van der Waals surface area contributed by atoms with E-state index in [0.717, 1.165) is 41.0 Å². The Bertz CT molecular complexity index is 967. The minimum Gasteiger partial charge on any atom is -0.366 e. The van der Waals surface area contributed by atoms with Gasteiger partial charge < -0.3 is 10.2 Å². The lowest BCUT2D eigenvalue weighted by molar-refractivity contribution is 0.312. The number of likely N-dealkylation sites (tertiary alicyclic amines) is 1. The minimum absolute atomic E-state index is 0.511. The van der Waals surface area contributed by atoms with Gasteiger partial charge in [0.2, 0.25) is 0 Å². The molecule has 2 aromatic heterocycles. The summed E-state index contributed by atoms with van der Waals surface area (Å²) in [5.74, 6) is 2.50. The first-order valence-corrected chi connectivity index (χ1v) is 11.0. The normalized spacial score (nSPS) is 23.6. The molecule has 0 amide bonds. The van der Waals surface area contributed by atoms with Crippen LogP contribution in [0.2, 0.25) is 0 Å². The number of nitrogens with zero attached hydrogens (tertiary/aromatic N) is 5. The maximum atomic E-state index is 4.43. The Balaban J connectivity index is 1.12. The average Bonchev–Trinajstić information content (AvgIpc) is 3.40. The molecule has 2 aliphatic rings. The summed E-state index contributed by atoms with van der Waals surface area (Å²) in [5.41, 5.74) is 4.34. The van der Waals surface area contributed by atoms with Crippen molar-refractivity contribution in [1.82, 2.24) is 24.9 Å². The topological polar surface area (TPSA) is 58.9 Å². The van der Waals surface area contributed by atoms with Crippen LogP contribution in [0, 0.1) is 18.8 Å². The van der Waals surface area contributed by atoms with Crippen molar-refractivity contribution in [2.24, 2.45) is 18.9 Å². The predicted octanol–water partition coefficient (Wildman–Crippen LogP) is 3.55. The van der Waals surface area contributed by atoms with Gasteiger partial charge in [-0.1, -0.05) is 30.3 Å². The molecule has 3 aromatic rings. The molecule has 6 nitrogen and oxygen atoms in total. The molecule has 5 rings (SSSR count). The Morgan fingerprint density at radius 1 is 1.00 bits per heavy atom. The number of aromatic nitrogens is 4. The summed E-state index contributed by atoms with van der Waals surface area (Å²) < 4.78 is 1.82. The van der Waals surface area contributed by atoms with Crippen LogP contribution in [-0.2, 0) is 13.5 Å². The lowest BCUT2D eigenvalue weighted by Gasteiger charge is -2.19. The number of rotatable bonds is 6. The van der Waals surface area contributed by atoms with Crippen LogP contribution in [0.15, 0.2) is 48.7 Å². The number of hydrogen-bond donors (Lipinski definition) is 1. The molecule has 1 aromatic carbocycles. The van der Waals surface area contributed by atoms with Gasteiger partial charge in [0, 0.05) is 44.5 Å². The lowest BCUT2D eigenvalue weighted by atomic mass is 10.0. The molecule has 3 atom stereocenters. The third-order valence-electron chi connectivity index (χ3n) is 6.69. The highest BCUT2D eigenvalue weighted by atomic mass is 15.3. The molecular formula is C24H30N6. The molecule has 156 valence electrons. The summed E-state index contributed by atoms with van der Waals surface area (Å²) >= 11 is 0. The summed E-state index contributed by atoms with van der Waals surface area (Å²) in [6.45, 7) is 5.65. The molecule has 1 aliphatic heterocycles. The van der Waals surface area contributed by atoms with E-state index in [9.17, 15) is 0 Å². The van der Waals surface area contributed by atoms with E-state index in [0.29, 0.717) is 6.04 Å². The third-order valence-corrected chi connectivity index (χ3v) is 6.69. The molecule has 0 bridgehead atoms. The standard InChI is InChI=1S/C24H30N6/c1-17-22(16-29(2)28-17)23-8-9-24(27-26-23)25-21-12-19-14-30(15-20(19)13-21)11-10-18-6-4-3-5-7-18/h3-9,16,19-21H,10-15H2,1-2H3,(H,25,27)/t19-,20+,21?. The molecule has 0 spiro atoms. The quantitative estimate of drug-likeness (QED) is 0.683. The third kappa shape index (κ3) is 4.10. The van der Waals surface area contributed by atoms with Crippen LogP contribution in [0.1, 0.15) is 24.1 Å². The maximum Gasteiger partial charge on any atom is 0.148 e. The zero-order chi connectivity index (χ0) is 20.5. The van der Waals surface area contributed by atoms with E-state index in [1.807, 2.05) is 30.9 Å². The van der Waals surface area contributed by atoms with E-state index < -0.39 is 0 Å². The average molecular weight is 403 g/mol. The van der Waals surface area contributed by atoms with Crippen LogP contribution in [0.5, 0.6) is 0 Å². The Labute approximate surface area is 178 Å². The second kappa shape index (κ2) is 8.19. The Morgan fingerprint density at radius 2 is 1.77 bits per heavy atom. The van der Waals surface area contributed by atoms with Gasteiger partial charge in [-0.15, -0.1) is 10.2 Å².